The Morgan fingerprint density at radius 2 is 1.71 bits per heavy atom. The Hall–Kier alpha value is -1.09. The highest BCUT2D eigenvalue weighted by Crippen LogP contribution is 2.27. The number of hydrogen-bond acceptors (Lipinski definition) is 2. The minimum atomic E-state index is 0.539. The highest BCUT2D eigenvalue weighted by atomic mass is 35.5. The summed E-state index contributed by atoms with van der Waals surface area (Å²) in [5.41, 5.74) is 0.959. The summed E-state index contributed by atoms with van der Waals surface area (Å²) < 4.78 is 5.62. The highest BCUT2D eigenvalue weighted by Gasteiger charge is 2.02. The number of rotatable bonds is 7. The molecular weight excluding hydrogens is 329 g/mol. The number of anilines is 1. The molecule has 0 amide bonds. The van der Waals surface area contributed by atoms with E-state index in [-0.39, 0.29) is 0 Å². The van der Waals surface area contributed by atoms with Crippen molar-refractivity contribution in [2.75, 3.05) is 18.5 Å². The summed E-state index contributed by atoms with van der Waals surface area (Å²) in [6, 6.07) is 12.9. The van der Waals surface area contributed by atoms with Crippen molar-refractivity contribution in [2.24, 2.45) is 0 Å². The lowest BCUT2D eigenvalue weighted by Gasteiger charge is -2.10. The van der Waals surface area contributed by atoms with Gasteiger partial charge in [0.25, 0.3) is 0 Å². The molecule has 112 valence electrons. The fourth-order valence-electron chi connectivity index (χ4n) is 1.83. The molecule has 1 N–H and O–H groups in total. The van der Waals surface area contributed by atoms with Gasteiger partial charge in [0.2, 0.25) is 0 Å². The van der Waals surface area contributed by atoms with Gasteiger partial charge in [-0.15, -0.1) is 0 Å². The van der Waals surface area contributed by atoms with Crippen LogP contribution in [0.2, 0.25) is 15.1 Å². The van der Waals surface area contributed by atoms with Crippen LogP contribution in [0.5, 0.6) is 5.75 Å². The van der Waals surface area contributed by atoms with Crippen LogP contribution in [-0.2, 0) is 0 Å². The summed E-state index contributed by atoms with van der Waals surface area (Å²) in [5.74, 6) is 0.667. The van der Waals surface area contributed by atoms with Crippen molar-refractivity contribution in [1.29, 1.82) is 0 Å². The smallest absolute Gasteiger partial charge is 0.137 e. The van der Waals surface area contributed by atoms with Crippen LogP contribution in [0, 0.1) is 0 Å². The molecular formula is C16H16Cl3NO. The molecule has 2 aromatic rings. The molecule has 0 radical (unpaired) electrons. The zero-order valence-electron chi connectivity index (χ0n) is 11.4. The number of ether oxygens (including phenoxy) is 1. The van der Waals surface area contributed by atoms with Crippen molar-refractivity contribution < 1.29 is 4.74 Å². The van der Waals surface area contributed by atoms with Crippen LogP contribution in [-0.4, -0.2) is 13.2 Å². The summed E-state index contributed by atoms with van der Waals surface area (Å²) in [5, 5.41) is 5.18. The Morgan fingerprint density at radius 3 is 2.48 bits per heavy atom. The van der Waals surface area contributed by atoms with Crippen molar-refractivity contribution in [2.45, 2.75) is 12.8 Å². The average molecular weight is 345 g/mol. The maximum Gasteiger partial charge on any atom is 0.137 e. The second kappa shape index (κ2) is 8.38. The molecule has 0 aliphatic rings. The Labute approximate surface area is 140 Å². The first kappa shape index (κ1) is 16.3. The third-order valence-electron chi connectivity index (χ3n) is 2.91. The minimum Gasteiger partial charge on any atom is -0.492 e. The molecule has 2 nitrogen and oxygen atoms in total. The summed E-state index contributed by atoms with van der Waals surface area (Å²) in [4.78, 5) is 0. The van der Waals surface area contributed by atoms with Crippen molar-refractivity contribution >= 4 is 40.5 Å². The van der Waals surface area contributed by atoms with Crippen LogP contribution in [0.4, 0.5) is 5.69 Å². The molecule has 0 aromatic heterocycles. The van der Waals surface area contributed by atoms with E-state index in [0.717, 1.165) is 30.1 Å². The first-order valence-electron chi connectivity index (χ1n) is 6.73. The maximum absolute atomic E-state index is 6.06. The van der Waals surface area contributed by atoms with Crippen LogP contribution in [0.15, 0.2) is 42.5 Å². The molecule has 21 heavy (non-hydrogen) atoms. The second-order valence-corrected chi connectivity index (χ2v) is 5.79. The molecule has 0 fully saturated rings. The van der Waals surface area contributed by atoms with Gasteiger partial charge in [0, 0.05) is 11.6 Å². The van der Waals surface area contributed by atoms with Gasteiger partial charge in [0.15, 0.2) is 0 Å². The normalized spacial score (nSPS) is 10.4. The van der Waals surface area contributed by atoms with E-state index >= 15 is 0 Å². The fraction of sp³-hybridized carbons (Fsp3) is 0.250. The fourth-order valence-corrected chi connectivity index (χ4v) is 2.49. The van der Waals surface area contributed by atoms with Gasteiger partial charge >= 0.3 is 0 Å². The first-order valence-corrected chi connectivity index (χ1v) is 7.86. The Balaban J connectivity index is 1.65. The van der Waals surface area contributed by atoms with Crippen LogP contribution < -0.4 is 10.1 Å². The number of halogens is 3. The molecule has 0 aliphatic carbocycles. The van der Waals surface area contributed by atoms with E-state index < -0.39 is 0 Å². The summed E-state index contributed by atoms with van der Waals surface area (Å²) in [6.07, 6.45) is 1.91. The number of para-hydroxylation sites is 1. The monoisotopic (exact) mass is 343 g/mol. The van der Waals surface area contributed by atoms with Gasteiger partial charge in [0.05, 0.1) is 22.3 Å². The highest BCUT2D eigenvalue weighted by molar-refractivity contribution is 6.35. The molecule has 0 bridgehead atoms. The summed E-state index contributed by atoms with van der Waals surface area (Å²) >= 11 is 17.9. The Kier molecular flexibility index (Phi) is 6.50. The summed E-state index contributed by atoms with van der Waals surface area (Å²) in [7, 11) is 0. The third-order valence-corrected chi connectivity index (χ3v) is 3.77. The van der Waals surface area contributed by atoms with Crippen LogP contribution in [0.3, 0.4) is 0 Å². The van der Waals surface area contributed by atoms with E-state index in [4.69, 9.17) is 39.5 Å². The molecule has 0 saturated carbocycles. The van der Waals surface area contributed by atoms with Gasteiger partial charge in [0.1, 0.15) is 5.75 Å². The third kappa shape index (κ3) is 5.31. The molecule has 0 saturated heterocycles. The second-order valence-electron chi connectivity index (χ2n) is 4.54. The van der Waals surface area contributed by atoms with Crippen molar-refractivity contribution in [3.05, 3.63) is 57.5 Å². The SMILES string of the molecule is Clc1ccc(OCCCCNc2ccccc2Cl)c(Cl)c1. The molecule has 0 unspecified atom stereocenters. The molecule has 0 spiro atoms. The molecule has 0 aliphatic heterocycles. The van der Waals surface area contributed by atoms with Gasteiger partial charge in [-0.25, -0.2) is 0 Å². The van der Waals surface area contributed by atoms with Crippen LogP contribution in [0.1, 0.15) is 12.8 Å². The van der Waals surface area contributed by atoms with Crippen LogP contribution in [0.25, 0.3) is 0 Å². The van der Waals surface area contributed by atoms with E-state index in [0.29, 0.717) is 22.4 Å². The average Bonchev–Trinajstić information content (AvgIpc) is 2.46. The molecule has 2 rings (SSSR count). The Bertz CT molecular complexity index is 589. The topological polar surface area (TPSA) is 21.3 Å². The van der Waals surface area contributed by atoms with E-state index in [1.54, 1.807) is 18.2 Å². The predicted molar refractivity (Wildman–Crippen MR) is 91.1 cm³/mol. The zero-order chi connectivity index (χ0) is 15.1. The van der Waals surface area contributed by atoms with Crippen molar-refractivity contribution in [3.63, 3.8) is 0 Å². The van der Waals surface area contributed by atoms with Gasteiger partial charge in [-0.3, -0.25) is 0 Å². The number of hydrogen-bond donors (Lipinski definition) is 1. The quantitative estimate of drug-likeness (QED) is 0.630. The molecule has 0 atom stereocenters. The van der Waals surface area contributed by atoms with Gasteiger partial charge in [-0.05, 0) is 43.2 Å². The minimum absolute atomic E-state index is 0.539. The van der Waals surface area contributed by atoms with Gasteiger partial charge in [-0.2, -0.15) is 0 Å². The largest absolute Gasteiger partial charge is 0.492 e. The van der Waals surface area contributed by atoms with Crippen molar-refractivity contribution in [1.82, 2.24) is 0 Å². The molecule has 5 heteroatoms. The van der Waals surface area contributed by atoms with E-state index in [1.165, 1.54) is 0 Å². The van der Waals surface area contributed by atoms with Crippen LogP contribution >= 0.6 is 34.8 Å². The zero-order valence-corrected chi connectivity index (χ0v) is 13.7. The lowest BCUT2D eigenvalue weighted by molar-refractivity contribution is 0.308. The van der Waals surface area contributed by atoms with E-state index in [1.807, 2.05) is 24.3 Å². The lowest BCUT2D eigenvalue weighted by Crippen LogP contribution is -2.05. The Morgan fingerprint density at radius 1 is 0.905 bits per heavy atom. The predicted octanol–water partition coefficient (Wildman–Crippen LogP) is 5.92. The van der Waals surface area contributed by atoms with E-state index in [2.05, 4.69) is 5.32 Å². The van der Waals surface area contributed by atoms with E-state index in [9.17, 15) is 0 Å². The lowest BCUT2D eigenvalue weighted by atomic mass is 10.3. The maximum atomic E-state index is 6.06. The summed E-state index contributed by atoms with van der Waals surface area (Å²) in [6.45, 7) is 1.47. The standard InChI is InChI=1S/C16H16Cl3NO/c17-12-7-8-16(14(19)11-12)21-10-4-3-9-20-15-6-2-1-5-13(15)18/h1-2,5-8,11,20H,3-4,9-10H2. The number of unbranched alkanes of at least 4 members (excludes halogenated alkanes) is 1. The van der Waals surface area contributed by atoms with Gasteiger partial charge < -0.3 is 10.1 Å². The number of nitrogens with one attached hydrogen (secondary N) is 1. The molecule has 2 aromatic carbocycles. The van der Waals surface area contributed by atoms with Crippen molar-refractivity contribution in [3.8, 4) is 5.75 Å². The first-order chi connectivity index (χ1) is 10.2. The number of benzene rings is 2. The molecule has 0 heterocycles. The van der Waals surface area contributed by atoms with Gasteiger partial charge in [-0.1, -0.05) is 46.9 Å².